The number of rotatable bonds is 0. The molecule has 4 rings (SSSR count). The van der Waals surface area contributed by atoms with Crippen LogP contribution in [0.25, 0.3) is 0 Å². The molecule has 3 unspecified atom stereocenters. The number of aryl methyl sites for hydroxylation is 1. The number of hydrogen-bond donors (Lipinski definition) is 0. The molecule has 92 valence electrons. The first-order chi connectivity index (χ1) is 8.66. The molecule has 3 atom stereocenters. The van der Waals surface area contributed by atoms with Crippen molar-refractivity contribution in [3.63, 3.8) is 0 Å². The molecule has 0 aromatic heterocycles. The number of Topliss-reactive ketones (excluding diaryl/α,β-unsaturated/α-hetero) is 1. The normalized spacial score (nSPS) is 36.4. The highest BCUT2D eigenvalue weighted by Crippen LogP contribution is 2.57. The molecular formula is C17H18O. The van der Waals surface area contributed by atoms with Gasteiger partial charge in [0.1, 0.15) is 0 Å². The summed E-state index contributed by atoms with van der Waals surface area (Å²) in [6.45, 7) is 2.07. The molecule has 3 aliphatic carbocycles. The van der Waals surface area contributed by atoms with Crippen molar-refractivity contribution in [3.05, 3.63) is 47.0 Å². The molecule has 1 aromatic carbocycles. The number of carbonyl (C=O) groups is 1. The first kappa shape index (κ1) is 10.5. The third kappa shape index (κ3) is 1.31. The Balaban J connectivity index is 1.79. The summed E-state index contributed by atoms with van der Waals surface area (Å²) < 4.78 is 0. The van der Waals surface area contributed by atoms with Crippen LogP contribution in [-0.4, -0.2) is 5.78 Å². The van der Waals surface area contributed by atoms with E-state index in [-0.39, 0.29) is 5.41 Å². The summed E-state index contributed by atoms with van der Waals surface area (Å²) in [4.78, 5) is 12.5. The van der Waals surface area contributed by atoms with Crippen LogP contribution in [-0.2, 0) is 6.42 Å². The predicted molar refractivity (Wildman–Crippen MR) is 71.6 cm³/mol. The van der Waals surface area contributed by atoms with Crippen molar-refractivity contribution < 1.29 is 4.79 Å². The molecule has 1 saturated carbocycles. The van der Waals surface area contributed by atoms with Gasteiger partial charge in [-0.05, 0) is 55.1 Å². The van der Waals surface area contributed by atoms with Gasteiger partial charge in [-0.2, -0.15) is 0 Å². The Labute approximate surface area is 108 Å². The number of fused-ring (bicyclic) bond motifs is 4. The SMILES string of the molecule is Cc1ccc2c(c1)C(=O)CC1(C2)CC2C=CC1C2. The van der Waals surface area contributed by atoms with E-state index in [0.29, 0.717) is 11.7 Å². The van der Waals surface area contributed by atoms with Crippen LogP contribution in [0.1, 0.15) is 40.7 Å². The molecule has 2 bridgehead atoms. The fraction of sp³-hybridized carbons (Fsp3) is 0.471. The van der Waals surface area contributed by atoms with Crippen LogP contribution in [0.4, 0.5) is 0 Å². The lowest BCUT2D eigenvalue weighted by molar-refractivity contribution is 0.0848. The van der Waals surface area contributed by atoms with Gasteiger partial charge in [0.25, 0.3) is 0 Å². The van der Waals surface area contributed by atoms with Crippen LogP contribution >= 0.6 is 0 Å². The fourth-order valence-corrected chi connectivity index (χ4v) is 4.42. The Morgan fingerprint density at radius 3 is 2.83 bits per heavy atom. The van der Waals surface area contributed by atoms with E-state index in [2.05, 4.69) is 37.3 Å². The van der Waals surface area contributed by atoms with Crippen molar-refractivity contribution in [3.8, 4) is 0 Å². The van der Waals surface area contributed by atoms with Gasteiger partial charge in [0.2, 0.25) is 0 Å². The summed E-state index contributed by atoms with van der Waals surface area (Å²) in [6.07, 6.45) is 9.14. The van der Waals surface area contributed by atoms with E-state index >= 15 is 0 Å². The Kier molecular flexibility index (Phi) is 1.96. The Bertz CT molecular complexity index is 569. The molecule has 3 aliphatic rings. The zero-order valence-electron chi connectivity index (χ0n) is 10.8. The van der Waals surface area contributed by atoms with Gasteiger partial charge >= 0.3 is 0 Å². The molecule has 0 saturated heterocycles. The van der Waals surface area contributed by atoms with Crippen LogP contribution in [0.2, 0.25) is 0 Å². The second-order valence-corrected chi connectivity index (χ2v) is 6.49. The Morgan fingerprint density at radius 1 is 1.22 bits per heavy atom. The van der Waals surface area contributed by atoms with Crippen molar-refractivity contribution in [2.75, 3.05) is 0 Å². The molecule has 0 N–H and O–H groups in total. The summed E-state index contributed by atoms with van der Waals surface area (Å²) in [6, 6.07) is 6.40. The maximum atomic E-state index is 12.5. The van der Waals surface area contributed by atoms with Gasteiger partial charge in [-0.15, -0.1) is 0 Å². The summed E-state index contributed by atoms with van der Waals surface area (Å²) in [5.74, 6) is 1.77. The summed E-state index contributed by atoms with van der Waals surface area (Å²) in [5.41, 5.74) is 3.75. The van der Waals surface area contributed by atoms with Crippen molar-refractivity contribution in [2.45, 2.75) is 32.6 Å². The van der Waals surface area contributed by atoms with Gasteiger partial charge in [0.05, 0.1) is 0 Å². The summed E-state index contributed by atoms with van der Waals surface area (Å²) >= 11 is 0. The van der Waals surface area contributed by atoms with Crippen LogP contribution in [0, 0.1) is 24.2 Å². The quantitative estimate of drug-likeness (QED) is 0.630. The molecule has 0 radical (unpaired) electrons. The van der Waals surface area contributed by atoms with Crippen LogP contribution in [0.5, 0.6) is 0 Å². The van der Waals surface area contributed by atoms with E-state index in [9.17, 15) is 4.79 Å². The minimum atomic E-state index is 0.263. The number of ketones is 1. The van der Waals surface area contributed by atoms with Gasteiger partial charge in [-0.3, -0.25) is 4.79 Å². The first-order valence-electron chi connectivity index (χ1n) is 6.97. The van der Waals surface area contributed by atoms with E-state index < -0.39 is 0 Å². The van der Waals surface area contributed by atoms with Gasteiger partial charge in [-0.1, -0.05) is 29.8 Å². The minimum absolute atomic E-state index is 0.263. The summed E-state index contributed by atoms with van der Waals surface area (Å²) in [5, 5.41) is 0. The topological polar surface area (TPSA) is 17.1 Å². The molecule has 1 heteroatoms. The largest absolute Gasteiger partial charge is 0.294 e. The molecule has 1 aromatic rings. The highest BCUT2D eigenvalue weighted by Gasteiger charge is 2.51. The van der Waals surface area contributed by atoms with Gasteiger partial charge in [-0.25, -0.2) is 0 Å². The minimum Gasteiger partial charge on any atom is -0.294 e. The van der Waals surface area contributed by atoms with E-state index in [1.165, 1.54) is 24.0 Å². The third-order valence-corrected chi connectivity index (χ3v) is 5.25. The summed E-state index contributed by atoms with van der Waals surface area (Å²) in [7, 11) is 0. The molecule has 1 nitrogen and oxygen atoms in total. The van der Waals surface area contributed by atoms with Gasteiger partial charge in [0.15, 0.2) is 5.78 Å². The van der Waals surface area contributed by atoms with E-state index in [4.69, 9.17) is 0 Å². The highest BCUT2D eigenvalue weighted by molar-refractivity contribution is 5.99. The van der Waals surface area contributed by atoms with E-state index in [0.717, 1.165) is 24.3 Å². The third-order valence-electron chi connectivity index (χ3n) is 5.25. The number of allylic oxidation sites excluding steroid dienone is 2. The van der Waals surface area contributed by atoms with Crippen LogP contribution < -0.4 is 0 Å². The second-order valence-electron chi connectivity index (χ2n) is 6.49. The average Bonchev–Trinajstić information content (AvgIpc) is 2.91. The molecule has 1 fully saturated rings. The lowest BCUT2D eigenvalue weighted by Crippen LogP contribution is -2.35. The molecule has 0 amide bonds. The molecule has 18 heavy (non-hydrogen) atoms. The van der Waals surface area contributed by atoms with E-state index in [1.54, 1.807) is 0 Å². The molecule has 1 spiro atoms. The van der Waals surface area contributed by atoms with Crippen LogP contribution in [0.3, 0.4) is 0 Å². The van der Waals surface area contributed by atoms with Crippen molar-refractivity contribution in [1.29, 1.82) is 0 Å². The lowest BCUT2D eigenvalue weighted by atomic mass is 9.64. The Morgan fingerprint density at radius 2 is 2.11 bits per heavy atom. The zero-order valence-corrected chi connectivity index (χ0v) is 10.8. The number of benzene rings is 1. The molecule has 0 aliphatic heterocycles. The second kappa shape index (κ2) is 3.34. The zero-order chi connectivity index (χ0) is 12.3. The lowest BCUT2D eigenvalue weighted by Gasteiger charge is -2.39. The maximum Gasteiger partial charge on any atom is 0.163 e. The first-order valence-corrected chi connectivity index (χ1v) is 6.97. The van der Waals surface area contributed by atoms with Gasteiger partial charge in [0, 0.05) is 12.0 Å². The van der Waals surface area contributed by atoms with Crippen LogP contribution in [0.15, 0.2) is 30.4 Å². The average molecular weight is 238 g/mol. The van der Waals surface area contributed by atoms with Gasteiger partial charge < -0.3 is 0 Å². The number of carbonyl (C=O) groups excluding carboxylic acids is 1. The number of hydrogen-bond acceptors (Lipinski definition) is 1. The predicted octanol–water partition coefficient (Wildman–Crippen LogP) is 3.71. The monoisotopic (exact) mass is 238 g/mol. The molecular weight excluding hydrogens is 220 g/mol. The maximum absolute atomic E-state index is 12.5. The van der Waals surface area contributed by atoms with Crippen molar-refractivity contribution >= 4 is 5.78 Å². The van der Waals surface area contributed by atoms with E-state index in [1.807, 2.05) is 0 Å². The standard InChI is InChI=1S/C17H18O/c1-11-2-4-13-9-17(10-16(18)15(13)6-11)8-12-3-5-14(17)7-12/h2-6,12,14H,7-10H2,1H3. The smallest absolute Gasteiger partial charge is 0.163 e. The highest BCUT2D eigenvalue weighted by atomic mass is 16.1. The van der Waals surface area contributed by atoms with Crippen molar-refractivity contribution in [2.24, 2.45) is 17.3 Å². The fourth-order valence-electron chi connectivity index (χ4n) is 4.42. The van der Waals surface area contributed by atoms with Crippen molar-refractivity contribution in [1.82, 2.24) is 0 Å². The Hall–Kier alpha value is -1.37. The molecule has 0 heterocycles.